The van der Waals surface area contributed by atoms with Gasteiger partial charge in [-0.25, -0.2) is 4.39 Å². The number of anilines is 1. The van der Waals surface area contributed by atoms with Crippen LogP contribution < -0.4 is 10.6 Å². The molecule has 2 atom stereocenters. The maximum Gasteiger partial charge on any atom is 0.254 e. The molecule has 0 unspecified atom stereocenters. The second-order valence-electron chi connectivity index (χ2n) is 9.27. The zero-order valence-corrected chi connectivity index (χ0v) is 19.8. The van der Waals surface area contributed by atoms with Crippen molar-refractivity contribution < 1.29 is 14.0 Å². The van der Waals surface area contributed by atoms with E-state index >= 15 is 0 Å². The number of halogens is 1. The Morgan fingerprint density at radius 3 is 2.29 bits per heavy atom. The zero-order chi connectivity index (χ0) is 24.5. The molecule has 1 aliphatic carbocycles. The van der Waals surface area contributed by atoms with Gasteiger partial charge in [0.1, 0.15) is 5.82 Å². The van der Waals surface area contributed by atoms with E-state index in [4.69, 9.17) is 0 Å². The molecule has 0 bridgehead atoms. The third kappa shape index (κ3) is 4.42. The number of allylic oxidation sites excluding steroid dienone is 3. The van der Waals surface area contributed by atoms with Crippen molar-refractivity contribution in [1.82, 2.24) is 5.32 Å². The van der Waals surface area contributed by atoms with Gasteiger partial charge in [0.15, 0.2) is 5.78 Å². The van der Waals surface area contributed by atoms with Crippen molar-refractivity contribution in [3.8, 4) is 0 Å². The van der Waals surface area contributed by atoms with Gasteiger partial charge in [-0.15, -0.1) is 0 Å². The molecule has 0 aromatic heterocycles. The number of amides is 1. The minimum atomic E-state index is -0.525. The third-order valence-electron chi connectivity index (χ3n) is 6.88. The van der Waals surface area contributed by atoms with Crippen LogP contribution in [0.5, 0.6) is 0 Å². The fourth-order valence-electron chi connectivity index (χ4n) is 5.15. The topological polar surface area (TPSA) is 58.2 Å². The van der Waals surface area contributed by atoms with Gasteiger partial charge in [-0.2, -0.15) is 0 Å². The van der Waals surface area contributed by atoms with Gasteiger partial charge in [0.05, 0.1) is 5.69 Å². The Labute approximate surface area is 204 Å². The highest BCUT2D eigenvalue weighted by Crippen LogP contribution is 2.45. The fourth-order valence-corrected chi connectivity index (χ4v) is 5.15. The first-order valence-electron chi connectivity index (χ1n) is 11.8. The average Bonchev–Trinajstić information content (AvgIpc) is 2.85. The maximum absolute atomic E-state index is 14.3. The number of Topliss-reactive ketones (excluding diaryl/α,β-unsaturated/α-hetero) is 1. The molecule has 35 heavy (non-hydrogen) atoms. The molecule has 0 saturated carbocycles. The number of carbonyl (C=O) groups is 2. The van der Waals surface area contributed by atoms with Gasteiger partial charge in [0.25, 0.3) is 5.91 Å². The Morgan fingerprint density at radius 1 is 0.886 bits per heavy atom. The highest BCUT2D eigenvalue weighted by molar-refractivity contribution is 6.10. The Balaban J connectivity index is 1.57. The lowest BCUT2D eigenvalue weighted by molar-refractivity contribution is -0.116. The second kappa shape index (κ2) is 9.34. The van der Waals surface area contributed by atoms with E-state index in [0.29, 0.717) is 29.7 Å². The van der Waals surface area contributed by atoms with Crippen molar-refractivity contribution in [2.45, 2.75) is 38.5 Å². The first-order chi connectivity index (χ1) is 16.9. The van der Waals surface area contributed by atoms with Crippen LogP contribution in [0.25, 0.3) is 0 Å². The van der Waals surface area contributed by atoms with E-state index in [1.165, 1.54) is 12.1 Å². The molecule has 0 saturated heterocycles. The predicted molar refractivity (Wildman–Crippen MR) is 135 cm³/mol. The first kappa shape index (κ1) is 22.8. The lowest BCUT2D eigenvalue weighted by atomic mass is 9.71. The van der Waals surface area contributed by atoms with Crippen LogP contribution >= 0.6 is 0 Å². The normalized spacial score (nSPS) is 19.8. The molecule has 0 radical (unpaired) electrons. The summed E-state index contributed by atoms with van der Waals surface area (Å²) in [6, 6.07) is 24.1. The lowest BCUT2D eigenvalue weighted by Crippen LogP contribution is -2.37. The van der Waals surface area contributed by atoms with Crippen molar-refractivity contribution in [2.24, 2.45) is 0 Å². The van der Waals surface area contributed by atoms with E-state index in [-0.39, 0.29) is 17.4 Å². The van der Waals surface area contributed by atoms with E-state index < -0.39 is 17.6 Å². The Hall–Kier alpha value is -3.99. The van der Waals surface area contributed by atoms with Gasteiger partial charge in [-0.1, -0.05) is 72.3 Å². The van der Waals surface area contributed by atoms with Crippen LogP contribution in [0.15, 0.2) is 101 Å². The molecule has 2 aliphatic rings. The van der Waals surface area contributed by atoms with Crippen molar-refractivity contribution in [3.63, 3.8) is 0 Å². The van der Waals surface area contributed by atoms with Crippen molar-refractivity contribution in [1.29, 1.82) is 0 Å². The summed E-state index contributed by atoms with van der Waals surface area (Å²) < 4.78 is 14.3. The van der Waals surface area contributed by atoms with Gasteiger partial charge >= 0.3 is 0 Å². The molecule has 3 aromatic carbocycles. The molecule has 5 rings (SSSR count). The third-order valence-corrected chi connectivity index (χ3v) is 6.88. The summed E-state index contributed by atoms with van der Waals surface area (Å²) in [5.74, 6) is -1.34. The summed E-state index contributed by atoms with van der Waals surface area (Å²) in [5.41, 5.74) is 5.80. The van der Waals surface area contributed by atoms with Crippen molar-refractivity contribution in [3.05, 3.63) is 124 Å². The molecule has 5 heteroatoms. The van der Waals surface area contributed by atoms with Gasteiger partial charge < -0.3 is 10.6 Å². The van der Waals surface area contributed by atoms with Crippen LogP contribution in [0.3, 0.4) is 0 Å². The monoisotopic (exact) mass is 466 g/mol. The molecular formula is C30H27FN2O2. The quantitative estimate of drug-likeness (QED) is 0.486. The summed E-state index contributed by atoms with van der Waals surface area (Å²) >= 11 is 0. The molecule has 2 N–H and O–H groups in total. The number of ketones is 1. The summed E-state index contributed by atoms with van der Waals surface area (Å²) in [7, 11) is 0. The highest BCUT2D eigenvalue weighted by atomic mass is 19.1. The summed E-state index contributed by atoms with van der Waals surface area (Å²) in [5, 5.41) is 6.10. The SMILES string of the molecule is CC1=C(C(=O)Nc2ccccc2F)[C@H](c2ccc(C)cc2)C2=C(C[C@@H](c3ccccc3)CC2=O)N1. The maximum atomic E-state index is 14.3. The first-order valence-corrected chi connectivity index (χ1v) is 11.8. The van der Waals surface area contributed by atoms with Crippen molar-refractivity contribution in [2.75, 3.05) is 5.32 Å². The minimum absolute atomic E-state index is 0.0295. The Bertz CT molecular complexity index is 1360. The fraction of sp³-hybridized carbons (Fsp3) is 0.200. The van der Waals surface area contributed by atoms with E-state index in [9.17, 15) is 14.0 Å². The molecule has 0 fully saturated rings. The van der Waals surface area contributed by atoms with E-state index in [2.05, 4.69) is 22.8 Å². The van der Waals surface area contributed by atoms with E-state index in [1.807, 2.05) is 56.3 Å². The van der Waals surface area contributed by atoms with E-state index in [0.717, 1.165) is 22.4 Å². The second-order valence-corrected chi connectivity index (χ2v) is 9.27. The van der Waals surface area contributed by atoms with Gasteiger partial charge in [-0.05, 0) is 49.4 Å². The van der Waals surface area contributed by atoms with E-state index in [1.54, 1.807) is 12.1 Å². The van der Waals surface area contributed by atoms with Crippen LogP contribution in [0.4, 0.5) is 10.1 Å². The lowest BCUT2D eigenvalue weighted by Gasteiger charge is -2.37. The Kier molecular flexibility index (Phi) is 6.08. The predicted octanol–water partition coefficient (Wildman–Crippen LogP) is 6.13. The molecule has 1 heterocycles. The number of nitrogens with one attached hydrogen (secondary N) is 2. The van der Waals surface area contributed by atoms with Gasteiger partial charge in [0.2, 0.25) is 0 Å². The molecule has 0 spiro atoms. The van der Waals surface area contributed by atoms with Gasteiger partial charge in [-0.3, -0.25) is 9.59 Å². The number of para-hydroxylation sites is 1. The highest BCUT2D eigenvalue weighted by Gasteiger charge is 2.40. The van der Waals surface area contributed by atoms with Crippen LogP contribution in [0.1, 0.15) is 48.3 Å². The Morgan fingerprint density at radius 2 is 1.57 bits per heavy atom. The number of hydrogen-bond donors (Lipinski definition) is 2. The molecule has 4 nitrogen and oxygen atoms in total. The minimum Gasteiger partial charge on any atom is -0.362 e. The summed E-state index contributed by atoms with van der Waals surface area (Å²) in [6.07, 6.45) is 1.07. The molecule has 1 amide bonds. The number of dihydropyridines is 1. The molecule has 176 valence electrons. The number of carbonyl (C=O) groups excluding carboxylic acids is 2. The van der Waals surface area contributed by atoms with Crippen molar-refractivity contribution >= 4 is 17.4 Å². The summed E-state index contributed by atoms with van der Waals surface area (Å²) in [4.78, 5) is 27.2. The molecule has 1 aliphatic heterocycles. The molecular weight excluding hydrogens is 439 g/mol. The zero-order valence-electron chi connectivity index (χ0n) is 19.8. The number of aryl methyl sites for hydroxylation is 1. The largest absolute Gasteiger partial charge is 0.362 e. The number of rotatable bonds is 4. The van der Waals surface area contributed by atoms with Crippen LogP contribution in [0, 0.1) is 12.7 Å². The van der Waals surface area contributed by atoms with Crippen LogP contribution in [-0.4, -0.2) is 11.7 Å². The van der Waals surface area contributed by atoms with Crippen LogP contribution in [0.2, 0.25) is 0 Å². The summed E-state index contributed by atoms with van der Waals surface area (Å²) in [6.45, 7) is 3.85. The molecule has 3 aromatic rings. The number of benzene rings is 3. The van der Waals surface area contributed by atoms with Crippen LogP contribution in [-0.2, 0) is 9.59 Å². The van der Waals surface area contributed by atoms with Gasteiger partial charge in [0, 0.05) is 34.9 Å². The standard InChI is InChI=1S/C30H27FN2O2/c1-18-12-14-21(15-13-18)28-27(30(35)33-24-11-7-6-10-23(24)31)19(2)32-25-16-22(17-26(34)29(25)28)20-8-4-3-5-9-20/h3-15,22,28,32H,16-17H2,1-2H3,(H,33,35)/t22-,28+/m1/s1. The smallest absolute Gasteiger partial charge is 0.254 e. The number of hydrogen-bond acceptors (Lipinski definition) is 3. The average molecular weight is 467 g/mol.